The summed E-state index contributed by atoms with van der Waals surface area (Å²) in [5.74, 6) is -0.201. The summed E-state index contributed by atoms with van der Waals surface area (Å²) in [6, 6.07) is 16.9. The Balaban J connectivity index is 2.23. The monoisotopic (exact) mass is 287 g/mol. The lowest BCUT2D eigenvalue weighted by Gasteiger charge is -2.11. The zero-order valence-corrected chi connectivity index (χ0v) is 12.5. The highest BCUT2D eigenvalue weighted by molar-refractivity contribution is 8.08. The molecular weight excluding hydrogens is 269 g/mol. The summed E-state index contributed by atoms with van der Waals surface area (Å²) in [5.41, 5.74) is 1.18. The number of hydrogen-bond acceptors (Lipinski definition) is 2. The van der Waals surface area contributed by atoms with E-state index in [-0.39, 0.29) is 5.82 Å². The quantitative estimate of drug-likeness (QED) is 0.744. The minimum atomic E-state index is -0.201. The summed E-state index contributed by atoms with van der Waals surface area (Å²) in [4.78, 5) is 4.35. The van der Waals surface area contributed by atoms with Crippen LogP contribution >= 0.6 is 11.8 Å². The van der Waals surface area contributed by atoms with E-state index in [0.29, 0.717) is 0 Å². The van der Waals surface area contributed by atoms with Crippen LogP contribution in [0.2, 0.25) is 0 Å². The van der Waals surface area contributed by atoms with E-state index in [4.69, 9.17) is 0 Å². The fourth-order valence-electron chi connectivity index (χ4n) is 1.72. The number of benzene rings is 2. The first-order valence-corrected chi connectivity index (χ1v) is 7.30. The predicted octanol–water partition coefficient (Wildman–Crippen LogP) is 4.52. The third-order valence-corrected chi connectivity index (χ3v) is 3.87. The first kappa shape index (κ1) is 14.8. The van der Waals surface area contributed by atoms with Crippen molar-refractivity contribution in [3.8, 4) is 0 Å². The van der Waals surface area contributed by atoms with Crippen LogP contribution < -0.4 is 0 Å². The maximum atomic E-state index is 13.0. The molecule has 1 nitrogen and oxygen atoms in total. The first-order chi connectivity index (χ1) is 9.65. The van der Waals surface area contributed by atoms with Crippen molar-refractivity contribution in [3.05, 3.63) is 72.1 Å². The molecule has 3 heteroatoms. The Morgan fingerprint density at radius 3 is 2.30 bits per heavy atom. The minimum Gasteiger partial charge on any atom is -0.306 e. The Labute approximate surface area is 124 Å². The van der Waals surface area contributed by atoms with Crippen molar-refractivity contribution in [1.29, 1.82) is 0 Å². The van der Waals surface area contributed by atoms with Gasteiger partial charge < -0.3 is 4.90 Å². The molecule has 0 bridgehead atoms. The zero-order chi connectivity index (χ0) is 14.4. The molecule has 0 aliphatic heterocycles. The lowest BCUT2D eigenvalue weighted by Crippen LogP contribution is -2.10. The fraction of sp³-hybridized carbons (Fsp3) is 0.176. The van der Waals surface area contributed by atoms with Crippen molar-refractivity contribution in [2.24, 2.45) is 0 Å². The molecule has 2 rings (SSSR count). The van der Waals surface area contributed by atoms with E-state index in [1.807, 2.05) is 44.4 Å². The Morgan fingerprint density at radius 2 is 1.70 bits per heavy atom. The SMILES string of the molecule is CN(C)C/C=C(/Sc1ccc(F)cc1)c1ccccc1. The lowest BCUT2D eigenvalue weighted by atomic mass is 10.2. The molecule has 0 fully saturated rings. The summed E-state index contributed by atoms with van der Waals surface area (Å²) in [6.07, 6.45) is 2.20. The van der Waals surface area contributed by atoms with E-state index >= 15 is 0 Å². The molecule has 0 saturated heterocycles. The number of rotatable bonds is 5. The normalized spacial score (nSPS) is 11.9. The summed E-state index contributed by atoms with van der Waals surface area (Å²) in [7, 11) is 4.09. The van der Waals surface area contributed by atoms with Gasteiger partial charge in [-0.25, -0.2) is 4.39 Å². The first-order valence-electron chi connectivity index (χ1n) is 6.49. The molecular formula is C17H18FNS. The van der Waals surface area contributed by atoms with Crippen LogP contribution in [-0.2, 0) is 0 Å². The van der Waals surface area contributed by atoms with Gasteiger partial charge in [-0.05, 0) is 43.9 Å². The molecule has 0 aliphatic carbocycles. The largest absolute Gasteiger partial charge is 0.306 e. The van der Waals surface area contributed by atoms with Crippen LogP contribution in [0, 0.1) is 5.82 Å². The fourth-order valence-corrected chi connectivity index (χ4v) is 2.65. The molecule has 20 heavy (non-hydrogen) atoms. The highest BCUT2D eigenvalue weighted by Gasteiger charge is 2.04. The van der Waals surface area contributed by atoms with Crippen LogP contribution in [0.25, 0.3) is 4.91 Å². The molecule has 0 saturated carbocycles. The van der Waals surface area contributed by atoms with E-state index in [2.05, 4.69) is 23.1 Å². The van der Waals surface area contributed by atoms with Crippen LogP contribution in [-0.4, -0.2) is 25.5 Å². The molecule has 0 atom stereocenters. The Bertz CT molecular complexity index is 561. The summed E-state index contributed by atoms with van der Waals surface area (Å²) in [6.45, 7) is 0.873. The molecule has 0 amide bonds. The maximum Gasteiger partial charge on any atom is 0.123 e. The molecule has 0 aromatic heterocycles. The van der Waals surface area contributed by atoms with Gasteiger partial charge in [-0.3, -0.25) is 0 Å². The molecule has 0 N–H and O–H groups in total. The topological polar surface area (TPSA) is 3.24 Å². The van der Waals surface area contributed by atoms with E-state index in [9.17, 15) is 4.39 Å². The van der Waals surface area contributed by atoms with Gasteiger partial charge in [0, 0.05) is 16.3 Å². The van der Waals surface area contributed by atoms with Crippen molar-refractivity contribution < 1.29 is 4.39 Å². The lowest BCUT2D eigenvalue weighted by molar-refractivity contribution is 0.457. The molecule has 0 radical (unpaired) electrons. The average molecular weight is 287 g/mol. The van der Waals surface area contributed by atoms with E-state index in [1.54, 1.807) is 11.8 Å². The van der Waals surface area contributed by atoms with Gasteiger partial charge in [0.25, 0.3) is 0 Å². The molecule has 2 aromatic rings. The number of halogens is 1. The number of hydrogen-bond donors (Lipinski definition) is 0. The Hall–Kier alpha value is -1.58. The van der Waals surface area contributed by atoms with E-state index in [1.165, 1.54) is 22.6 Å². The van der Waals surface area contributed by atoms with Gasteiger partial charge in [0.1, 0.15) is 5.82 Å². The van der Waals surface area contributed by atoms with Gasteiger partial charge in [0.15, 0.2) is 0 Å². The number of likely N-dealkylation sites (N-methyl/N-ethyl adjacent to an activating group) is 1. The molecule has 0 spiro atoms. The van der Waals surface area contributed by atoms with Crippen molar-refractivity contribution >= 4 is 16.7 Å². The maximum absolute atomic E-state index is 13.0. The number of thioether (sulfide) groups is 1. The molecule has 0 aliphatic rings. The zero-order valence-electron chi connectivity index (χ0n) is 11.7. The molecule has 2 aromatic carbocycles. The van der Waals surface area contributed by atoms with Gasteiger partial charge in [-0.1, -0.05) is 48.2 Å². The van der Waals surface area contributed by atoms with Crippen molar-refractivity contribution in [1.82, 2.24) is 4.90 Å². The van der Waals surface area contributed by atoms with Crippen molar-refractivity contribution in [2.45, 2.75) is 4.90 Å². The third kappa shape index (κ3) is 4.51. The second kappa shape index (κ2) is 7.27. The van der Waals surface area contributed by atoms with Gasteiger partial charge in [0.2, 0.25) is 0 Å². The van der Waals surface area contributed by atoms with Gasteiger partial charge in [-0.2, -0.15) is 0 Å². The Kier molecular flexibility index (Phi) is 5.39. The molecule has 0 heterocycles. The number of nitrogens with zero attached hydrogens (tertiary/aromatic N) is 1. The predicted molar refractivity (Wildman–Crippen MR) is 85.2 cm³/mol. The molecule has 104 valence electrons. The van der Waals surface area contributed by atoms with Gasteiger partial charge in [-0.15, -0.1) is 0 Å². The van der Waals surface area contributed by atoms with Crippen molar-refractivity contribution in [3.63, 3.8) is 0 Å². The van der Waals surface area contributed by atoms with Gasteiger partial charge >= 0.3 is 0 Å². The van der Waals surface area contributed by atoms with Crippen LogP contribution in [0.5, 0.6) is 0 Å². The summed E-state index contributed by atoms with van der Waals surface area (Å²) < 4.78 is 13.0. The van der Waals surface area contributed by atoms with Crippen LogP contribution in [0.3, 0.4) is 0 Å². The highest BCUT2D eigenvalue weighted by atomic mass is 32.2. The van der Waals surface area contributed by atoms with Crippen LogP contribution in [0.4, 0.5) is 4.39 Å². The second-order valence-electron chi connectivity index (χ2n) is 4.75. The highest BCUT2D eigenvalue weighted by Crippen LogP contribution is 2.34. The third-order valence-electron chi connectivity index (χ3n) is 2.74. The van der Waals surface area contributed by atoms with E-state index in [0.717, 1.165) is 11.4 Å². The van der Waals surface area contributed by atoms with E-state index < -0.39 is 0 Å². The van der Waals surface area contributed by atoms with Crippen molar-refractivity contribution in [2.75, 3.05) is 20.6 Å². The standard InChI is InChI=1S/C17H18FNS/c1-19(2)13-12-17(14-6-4-3-5-7-14)20-16-10-8-15(18)9-11-16/h3-12H,13H2,1-2H3/b17-12+. The average Bonchev–Trinajstić information content (AvgIpc) is 2.46. The van der Waals surface area contributed by atoms with Crippen LogP contribution in [0.15, 0.2) is 65.6 Å². The van der Waals surface area contributed by atoms with Crippen LogP contribution in [0.1, 0.15) is 5.56 Å². The smallest absolute Gasteiger partial charge is 0.123 e. The van der Waals surface area contributed by atoms with Gasteiger partial charge in [0.05, 0.1) is 0 Å². The minimum absolute atomic E-state index is 0.201. The second-order valence-corrected chi connectivity index (χ2v) is 5.87. The molecule has 0 unspecified atom stereocenters. The Morgan fingerprint density at radius 1 is 1.05 bits per heavy atom. The summed E-state index contributed by atoms with van der Waals surface area (Å²) >= 11 is 1.66. The summed E-state index contributed by atoms with van der Waals surface area (Å²) in [5, 5.41) is 0.